The first-order valence-electron chi connectivity index (χ1n) is 10.5. The fourth-order valence-corrected chi connectivity index (χ4v) is 3.08. The van der Waals surface area contributed by atoms with E-state index in [1.807, 2.05) is 48.5 Å². The van der Waals surface area contributed by atoms with Gasteiger partial charge in [-0.2, -0.15) is 5.11 Å². The number of allylic oxidation sites excluding steroid dienone is 1. The second-order valence-electron chi connectivity index (χ2n) is 7.19. The summed E-state index contributed by atoms with van der Waals surface area (Å²) < 4.78 is 5.18. The lowest BCUT2D eigenvalue weighted by Gasteiger charge is -2.11. The molecule has 33 heavy (non-hydrogen) atoms. The summed E-state index contributed by atoms with van der Waals surface area (Å²) >= 11 is 0. The standard InChI is InChI=1S/C25H27N5O3/c1-33-24-12-2-6-18(14-24)25(32)29-22-10-4-9-21(16-22)28-20-8-3-7-19(15-20)27-17-23(30-26)11-5-13-31/h2-4,6-10,12,14-17,26-28,31H,5,11,13H2,1H3,(H,29,32)/b23-17-,30-26?. The Labute approximate surface area is 192 Å². The molecule has 0 radical (unpaired) electrons. The number of ether oxygens (including phenoxy) is 1. The van der Waals surface area contributed by atoms with E-state index in [9.17, 15) is 4.79 Å². The molecule has 8 nitrogen and oxygen atoms in total. The Balaban J connectivity index is 1.66. The van der Waals surface area contributed by atoms with Gasteiger partial charge in [0, 0.05) is 41.1 Å². The highest BCUT2D eigenvalue weighted by atomic mass is 16.5. The van der Waals surface area contributed by atoms with Crippen LogP contribution in [0.2, 0.25) is 0 Å². The number of hydrogen-bond acceptors (Lipinski definition) is 7. The smallest absolute Gasteiger partial charge is 0.255 e. The van der Waals surface area contributed by atoms with Gasteiger partial charge in [-0.05, 0) is 67.4 Å². The molecule has 8 heteroatoms. The molecular formula is C25H27N5O3. The van der Waals surface area contributed by atoms with E-state index in [0.717, 1.165) is 17.1 Å². The fraction of sp³-hybridized carbons (Fsp3) is 0.160. The molecule has 0 aliphatic heterocycles. The molecule has 0 fully saturated rings. The van der Waals surface area contributed by atoms with E-state index < -0.39 is 0 Å². The molecule has 3 aromatic rings. The molecule has 0 aromatic heterocycles. The molecule has 3 aromatic carbocycles. The van der Waals surface area contributed by atoms with Crippen LogP contribution in [0.4, 0.5) is 22.7 Å². The Hall–Kier alpha value is -4.17. The number of carbonyl (C=O) groups excluding carboxylic acids is 1. The summed E-state index contributed by atoms with van der Waals surface area (Å²) in [6.07, 6.45) is 2.75. The van der Waals surface area contributed by atoms with Gasteiger partial charge in [-0.1, -0.05) is 18.2 Å². The van der Waals surface area contributed by atoms with Crippen molar-refractivity contribution >= 4 is 28.7 Å². The number of benzene rings is 3. The Morgan fingerprint density at radius 3 is 2.36 bits per heavy atom. The molecule has 0 saturated carbocycles. The fourth-order valence-electron chi connectivity index (χ4n) is 3.08. The molecule has 0 aliphatic carbocycles. The van der Waals surface area contributed by atoms with Crippen LogP contribution in [0.5, 0.6) is 5.75 Å². The highest BCUT2D eigenvalue weighted by molar-refractivity contribution is 6.04. The molecule has 3 rings (SSSR count). The van der Waals surface area contributed by atoms with Gasteiger partial charge in [-0.3, -0.25) is 4.79 Å². The van der Waals surface area contributed by atoms with Gasteiger partial charge in [-0.25, -0.2) is 5.53 Å². The van der Waals surface area contributed by atoms with Crippen molar-refractivity contribution in [2.75, 3.05) is 29.7 Å². The first-order chi connectivity index (χ1) is 16.1. The Bertz CT molecular complexity index is 1130. The van der Waals surface area contributed by atoms with Crippen molar-refractivity contribution in [3.05, 3.63) is 90.3 Å². The molecule has 0 atom stereocenters. The number of methoxy groups -OCH3 is 1. The van der Waals surface area contributed by atoms with Crippen LogP contribution >= 0.6 is 0 Å². The molecular weight excluding hydrogens is 418 g/mol. The molecule has 1 amide bonds. The van der Waals surface area contributed by atoms with E-state index in [1.54, 1.807) is 37.6 Å². The average Bonchev–Trinajstić information content (AvgIpc) is 2.84. The SMILES string of the molecule is COc1cccc(C(=O)Nc2cccc(Nc3cccc(N/C=C(/CCCO)N=N)c3)c2)c1. The summed E-state index contributed by atoms with van der Waals surface area (Å²) in [6, 6.07) is 22.1. The molecule has 0 aliphatic rings. The van der Waals surface area contributed by atoms with E-state index in [0.29, 0.717) is 35.5 Å². The summed E-state index contributed by atoms with van der Waals surface area (Å²) in [6.45, 7) is 0.0608. The van der Waals surface area contributed by atoms with Crippen molar-refractivity contribution in [3.63, 3.8) is 0 Å². The number of rotatable bonds is 11. The van der Waals surface area contributed by atoms with Crippen molar-refractivity contribution in [2.24, 2.45) is 5.11 Å². The molecule has 0 unspecified atom stereocenters. The van der Waals surface area contributed by atoms with E-state index >= 15 is 0 Å². The minimum absolute atomic E-state index is 0.0608. The van der Waals surface area contributed by atoms with Gasteiger partial charge in [0.15, 0.2) is 0 Å². The third kappa shape index (κ3) is 7.19. The molecule has 170 valence electrons. The van der Waals surface area contributed by atoms with Gasteiger partial charge in [0.2, 0.25) is 0 Å². The lowest BCUT2D eigenvalue weighted by molar-refractivity contribution is 0.102. The molecule has 0 bridgehead atoms. The second-order valence-corrected chi connectivity index (χ2v) is 7.19. The zero-order valence-corrected chi connectivity index (χ0v) is 18.3. The minimum atomic E-state index is -0.221. The zero-order valence-electron chi connectivity index (χ0n) is 18.3. The van der Waals surface area contributed by atoms with Gasteiger partial charge in [0.25, 0.3) is 5.91 Å². The van der Waals surface area contributed by atoms with Crippen LogP contribution in [0.15, 0.2) is 89.8 Å². The Kier molecular flexibility index (Phi) is 8.55. The summed E-state index contributed by atoms with van der Waals surface area (Å²) in [4.78, 5) is 12.6. The number of carbonyl (C=O) groups is 1. The number of amides is 1. The number of nitrogens with zero attached hydrogens (tertiary/aromatic N) is 1. The first kappa shape index (κ1) is 23.5. The maximum atomic E-state index is 12.6. The van der Waals surface area contributed by atoms with Crippen LogP contribution in [-0.2, 0) is 0 Å². The predicted molar refractivity (Wildman–Crippen MR) is 130 cm³/mol. The first-order valence-corrected chi connectivity index (χ1v) is 10.5. The van der Waals surface area contributed by atoms with Crippen LogP contribution in [0.3, 0.4) is 0 Å². The van der Waals surface area contributed by atoms with Crippen molar-refractivity contribution in [1.82, 2.24) is 0 Å². The molecule has 0 saturated heterocycles. The molecule has 0 heterocycles. The van der Waals surface area contributed by atoms with Gasteiger partial charge >= 0.3 is 0 Å². The van der Waals surface area contributed by atoms with E-state index in [1.165, 1.54) is 0 Å². The normalized spacial score (nSPS) is 10.9. The van der Waals surface area contributed by atoms with Crippen LogP contribution in [0.1, 0.15) is 23.2 Å². The van der Waals surface area contributed by atoms with Crippen molar-refractivity contribution in [2.45, 2.75) is 12.8 Å². The Morgan fingerprint density at radius 1 is 1.00 bits per heavy atom. The van der Waals surface area contributed by atoms with Crippen LogP contribution in [-0.4, -0.2) is 24.7 Å². The maximum absolute atomic E-state index is 12.6. The van der Waals surface area contributed by atoms with Gasteiger partial charge in [-0.15, -0.1) is 0 Å². The molecule has 5 N–H and O–H groups in total. The largest absolute Gasteiger partial charge is 0.497 e. The summed E-state index contributed by atoms with van der Waals surface area (Å²) in [5.41, 5.74) is 11.5. The summed E-state index contributed by atoms with van der Waals surface area (Å²) in [7, 11) is 1.56. The highest BCUT2D eigenvalue weighted by Crippen LogP contribution is 2.23. The number of hydrogen-bond donors (Lipinski definition) is 5. The summed E-state index contributed by atoms with van der Waals surface area (Å²) in [5, 5.41) is 21.8. The summed E-state index contributed by atoms with van der Waals surface area (Å²) in [5.74, 6) is 0.402. The third-order valence-corrected chi connectivity index (χ3v) is 4.74. The van der Waals surface area contributed by atoms with E-state index in [4.69, 9.17) is 15.4 Å². The maximum Gasteiger partial charge on any atom is 0.255 e. The van der Waals surface area contributed by atoms with Gasteiger partial charge < -0.3 is 25.8 Å². The highest BCUT2D eigenvalue weighted by Gasteiger charge is 2.08. The molecule has 0 spiro atoms. The van der Waals surface area contributed by atoms with Crippen molar-refractivity contribution in [3.8, 4) is 5.75 Å². The quantitative estimate of drug-likeness (QED) is 0.241. The second kappa shape index (κ2) is 12.0. The lowest BCUT2D eigenvalue weighted by Crippen LogP contribution is -2.12. The van der Waals surface area contributed by atoms with Crippen molar-refractivity contribution < 1.29 is 14.6 Å². The topological polar surface area (TPSA) is 119 Å². The Morgan fingerprint density at radius 2 is 1.67 bits per heavy atom. The number of aliphatic hydroxyl groups excluding tert-OH is 1. The third-order valence-electron chi connectivity index (χ3n) is 4.74. The van der Waals surface area contributed by atoms with Crippen LogP contribution in [0.25, 0.3) is 0 Å². The number of anilines is 4. The minimum Gasteiger partial charge on any atom is -0.497 e. The zero-order chi connectivity index (χ0) is 23.5. The van der Waals surface area contributed by atoms with Gasteiger partial charge in [0.1, 0.15) is 5.75 Å². The van der Waals surface area contributed by atoms with E-state index in [2.05, 4.69) is 21.1 Å². The van der Waals surface area contributed by atoms with Crippen molar-refractivity contribution in [1.29, 1.82) is 5.53 Å². The van der Waals surface area contributed by atoms with E-state index in [-0.39, 0.29) is 12.5 Å². The van der Waals surface area contributed by atoms with Gasteiger partial charge in [0.05, 0.1) is 12.8 Å². The number of aliphatic hydroxyl groups is 1. The van der Waals surface area contributed by atoms with Crippen LogP contribution < -0.4 is 20.7 Å². The van der Waals surface area contributed by atoms with Crippen LogP contribution in [0, 0.1) is 5.53 Å². The predicted octanol–water partition coefficient (Wildman–Crippen LogP) is 5.75. The monoisotopic (exact) mass is 445 g/mol. The average molecular weight is 446 g/mol. The number of nitrogens with one attached hydrogen (secondary N) is 4. The lowest BCUT2D eigenvalue weighted by atomic mass is 10.2.